The second kappa shape index (κ2) is 10.3. The normalized spacial score (nSPS) is 15.6. The minimum Gasteiger partial charge on any atom is -0.387 e. The molecule has 4 aromatic rings. The van der Waals surface area contributed by atoms with Crippen molar-refractivity contribution < 1.29 is 18.4 Å². The van der Waals surface area contributed by atoms with Crippen LogP contribution in [0.2, 0.25) is 0 Å². The van der Waals surface area contributed by atoms with Crippen LogP contribution in [0.25, 0.3) is 11.1 Å². The van der Waals surface area contributed by atoms with E-state index in [1.165, 1.54) is 18.2 Å². The van der Waals surface area contributed by atoms with Crippen molar-refractivity contribution in [3.05, 3.63) is 119 Å². The van der Waals surface area contributed by atoms with Crippen LogP contribution < -0.4 is 5.32 Å². The highest BCUT2D eigenvalue weighted by atomic mass is 19.1. The van der Waals surface area contributed by atoms with Crippen molar-refractivity contribution >= 4 is 11.6 Å². The van der Waals surface area contributed by atoms with Gasteiger partial charge in [-0.2, -0.15) is 0 Å². The number of nitrogens with zero attached hydrogens (tertiary/aromatic N) is 3. The predicted octanol–water partition coefficient (Wildman–Crippen LogP) is 6.09. The Morgan fingerprint density at radius 2 is 1.92 bits per heavy atom. The lowest BCUT2D eigenvalue weighted by Crippen LogP contribution is -2.27. The standard InChI is InChI=1S/C29H24F2N4O2/c1-17-6-8-23(24(31)11-17)19-12-20(28-15-27(35-37-28)26-5-3-4-10-32-26)14-21(13-19)29(36)34-18(2)25-9-7-22(30)16-33-25/h3-14,16,18,28H,15H2,1-2H3,(H,34,36)/t18-,28?/m1/s1. The number of benzene rings is 2. The van der Waals surface area contributed by atoms with Gasteiger partial charge in [0, 0.05) is 23.7 Å². The number of aryl methyl sites for hydroxylation is 1. The third-order valence-electron chi connectivity index (χ3n) is 6.20. The quantitative estimate of drug-likeness (QED) is 0.349. The molecule has 1 unspecified atom stereocenters. The maximum absolute atomic E-state index is 14.9. The fourth-order valence-corrected chi connectivity index (χ4v) is 4.22. The molecule has 0 fully saturated rings. The van der Waals surface area contributed by atoms with Gasteiger partial charge in [0.2, 0.25) is 0 Å². The first-order chi connectivity index (χ1) is 17.9. The van der Waals surface area contributed by atoms with E-state index in [0.29, 0.717) is 45.8 Å². The molecule has 2 atom stereocenters. The molecule has 0 aliphatic carbocycles. The first-order valence-electron chi connectivity index (χ1n) is 11.9. The van der Waals surface area contributed by atoms with Crippen molar-refractivity contribution in [1.29, 1.82) is 0 Å². The molecular formula is C29H24F2N4O2. The smallest absolute Gasteiger partial charge is 0.251 e. The molecule has 2 aromatic heterocycles. The third-order valence-corrected chi connectivity index (χ3v) is 6.20. The van der Waals surface area contributed by atoms with E-state index < -0.39 is 18.0 Å². The SMILES string of the molecule is Cc1ccc(-c2cc(C(=O)N[C@H](C)c3ccc(F)cn3)cc(C3CC(c4ccccn4)=NO3)c2)c(F)c1. The highest BCUT2D eigenvalue weighted by Crippen LogP contribution is 2.34. The first-order valence-corrected chi connectivity index (χ1v) is 11.9. The summed E-state index contributed by atoms with van der Waals surface area (Å²) in [5.41, 5.74) is 4.65. The van der Waals surface area contributed by atoms with Crippen LogP contribution in [0.4, 0.5) is 8.78 Å². The lowest BCUT2D eigenvalue weighted by Gasteiger charge is -2.17. The molecule has 2 aromatic carbocycles. The Morgan fingerprint density at radius 3 is 2.65 bits per heavy atom. The summed E-state index contributed by atoms with van der Waals surface area (Å²) in [5.74, 6) is -1.22. The molecule has 8 heteroatoms. The molecule has 5 rings (SSSR count). The number of oxime groups is 1. The van der Waals surface area contributed by atoms with E-state index >= 15 is 0 Å². The van der Waals surface area contributed by atoms with Crippen molar-refractivity contribution in [1.82, 2.24) is 15.3 Å². The zero-order valence-corrected chi connectivity index (χ0v) is 20.3. The summed E-state index contributed by atoms with van der Waals surface area (Å²) in [4.78, 5) is 27.4. The molecule has 0 bridgehead atoms. The van der Waals surface area contributed by atoms with Gasteiger partial charge in [-0.15, -0.1) is 0 Å². The molecule has 0 radical (unpaired) electrons. The molecule has 3 heterocycles. The van der Waals surface area contributed by atoms with Crippen LogP contribution in [0.15, 0.2) is 84.3 Å². The molecule has 6 nitrogen and oxygen atoms in total. The van der Waals surface area contributed by atoms with Crippen molar-refractivity contribution in [3.63, 3.8) is 0 Å². The van der Waals surface area contributed by atoms with E-state index in [1.807, 2.05) is 37.3 Å². The van der Waals surface area contributed by atoms with Crippen molar-refractivity contribution in [2.45, 2.75) is 32.4 Å². The Morgan fingerprint density at radius 1 is 1.05 bits per heavy atom. The minimum atomic E-state index is -0.474. The van der Waals surface area contributed by atoms with E-state index in [0.717, 1.165) is 11.8 Å². The lowest BCUT2D eigenvalue weighted by molar-refractivity contribution is 0.0854. The van der Waals surface area contributed by atoms with Gasteiger partial charge in [0.05, 0.1) is 23.6 Å². The minimum absolute atomic E-state index is 0.330. The molecule has 0 spiro atoms. The van der Waals surface area contributed by atoms with Gasteiger partial charge in [-0.05, 0) is 79.1 Å². The van der Waals surface area contributed by atoms with Gasteiger partial charge in [-0.3, -0.25) is 14.8 Å². The summed E-state index contributed by atoms with van der Waals surface area (Å²) in [6, 6.07) is 18.0. The van der Waals surface area contributed by atoms with Crippen LogP contribution in [0.1, 0.15) is 58.4 Å². The number of rotatable bonds is 6. The van der Waals surface area contributed by atoms with Gasteiger partial charge in [-0.1, -0.05) is 23.4 Å². The maximum atomic E-state index is 14.9. The van der Waals surface area contributed by atoms with Gasteiger partial charge < -0.3 is 10.2 Å². The monoisotopic (exact) mass is 498 g/mol. The van der Waals surface area contributed by atoms with Crippen LogP contribution in [0.5, 0.6) is 0 Å². The molecule has 0 saturated heterocycles. The molecule has 1 aliphatic heterocycles. The van der Waals surface area contributed by atoms with Gasteiger partial charge in [0.25, 0.3) is 5.91 Å². The first kappa shape index (κ1) is 24.2. The molecule has 1 N–H and O–H groups in total. The molecule has 1 amide bonds. The highest BCUT2D eigenvalue weighted by molar-refractivity contribution is 6.00. The molecular weight excluding hydrogens is 474 g/mol. The fourth-order valence-electron chi connectivity index (χ4n) is 4.22. The summed E-state index contributed by atoms with van der Waals surface area (Å²) in [7, 11) is 0. The van der Waals surface area contributed by atoms with Gasteiger partial charge >= 0.3 is 0 Å². The number of hydrogen-bond donors (Lipinski definition) is 1. The largest absolute Gasteiger partial charge is 0.387 e. The number of pyridine rings is 2. The second-order valence-electron chi connectivity index (χ2n) is 8.97. The van der Waals surface area contributed by atoms with Crippen molar-refractivity contribution in [3.8, 4) is 11.1 Å². The Kier molecular flexibility index (Phi) is 6.72. The van der Waals surface area contributed by atoms with E-state index in [9.17, 15) is 13.6 Å². The summed E-state index contributed by atoms with van der Waals surface area (Å²) in [5, 5.41) is 7.10. The van der Waals surface area contributed by atoms with Crippen LogP contribution in [-0.2, 0) is 4.84 Å². The Bertz CT molecular complexity index is 1470. The number of halogens is 2. The van der Waals surface area contributed by atoms with Gasteiger partial charge in [-0.25, -0.2) is 8.78 Å². The maximum Gasteiger partial charge on any atom is 0.251 e. The Balaban J connectivity index is 1.47. The zero-order valence-electron chi connectivity index (χ0n) is 20.3. The zero-order chi connectivity index (χ0) is 25.9. The summed E-state index contributed by atoms with van der Waals surface area (Å²) >= 11 is 0. The molecule has 1 aliphatic rings. The number of aromatic nitrogens is 2. The number of carbonyl (C=O) groups excluding carboxylic acids is 1. The highest BCUT2D eigenvalue weighted by Gasteiger charge is 2.27. The Labute approximate surface area is 213 Å². The topological polar surface area (TPSA) is 76.5 Å². The summed E-state index contributed by atoms with van der Waals surface area (Å²) < 4.78 is 28.2. The molecule has 186 valence electrons. The van der Waals surface area contributed by atoms with Crippen LogP contribution in [0.3, 0.4) is 0 Å². The second-order valence-corrected chi connectivity index (χ2v) is 8.97. The average Bonchev–Trinajstić information content (AvgIpc) is 3.40. The van der Waals surface area contributed by atoms with Crippen molar-refractivity contribution in [2.24, 2.45) is 5.16 Å². The fraction of sp³-hybridized carbons (Fsp3) is 0.172. The lowest BCUT2D eigenvalue weighted by atomic mass is 9.94. The average molecular weight is 499 g/mol. The van der Waals surface area contributed by atoms with Crippen LogP contribution >= 0.6 is 0 Å². The third kappa shape index (κ3) is 5.38. The number of hydrogen-bond acceptors (Lipinski definition) is 5. The number of carbonyl (C=O) groups is 1. The van der Waals surface area contributed by atoms with E-state index in [2.05, 4.69) is 20.4 Å². The molecule has 37 heavy (non-hydrogen) atoms. The number of amides is 1. The van der Waals surface area contributed by atoms with E-state index in [-0.39, 0.29) is 11.7 Å². The number of nitrogens with one attached hydrogen (secondary N) is 1. The van der Waals surface area contributed by atoms with Crippen LogP contribution in [-0.4, -0.2) is 21.6 Å². The van der Waals surface area contributed by atoms with E-state index in [4.69, 9.17) is 4.84 Å². The van der Waals surface area contributed by atoms with Gasteiger partial charge in [0.15, 0.2) is 6.10 Å². The predicted molar refractivity (Wildman–Crippen MR) is 136 cm³/mol. The van der Waals surface area contributed by atoms with E-state index in [1.54, 1.807) is 31.3 Å². The van der Waals surface area contributed by atoms with Gasteiger partial charge in [0.1, 0.15) is 17.3 Å². The van der Waals surface area contributed by atoms with Crippen LogP contribution in [0, 0.1) is 18.6 Å². The summed E-state index contributed by atoms with van der Waals surface area (Å²) in [6.45, 7) is 3.57. The van der Waals surface area contributed by atoms with Crippen molar-refractivity contribution in [2.75, 3.05) is 0 Å². The molecule has 0 saturated carbocycles. The summed E-state index contributed by atoms with van der Waals surface area (Å²) in [6.07, 6.45) is 2.78. The Hall–Kier alpha value is -4.46.